The van der Waals surface area contributed by atoms with E-state index in [0.717, 1.165) is 30.2 Å². The lowest BCUT2D eigenvalue weighted by Gasteiger charge is -2.29. The largest absolute Gasteiger partial charge is 0.457 e. The van der Waals surface area contributed by atoms with Gasteiger partial charge in [0.1, 0.15) is 22.8 Å². The predicted octanol–water partition coefficient (Wildman–Crippen LogP) is 4.02. The Hall–Kier alpha value is -3.62. The number of nitrogens with two attached hydrogens (primary N) is 1. The van der Waals surface area contributed by atoms with Crippen LogP contribution in [0.1, 0.15) is 16.8 Å². The van der Waals surface area contributed by atoms with E-state index >= 15 is 0 Å². The van der Waals surface area contributed by atoms with Crippen molar-refractivity contribution in [3.05, 3.63) is 72.4 Å². The van der Waals surface area contributed by atoms with Crippen LogP contribution in [0.25, 0.3) is 0 Å². The molecule has 7 nitrogen and oxygen atoms in total. The maximum Gasteiger partial charge on any atom is 0.254 e. The number of para-hydroxylation sites is 1. The van der Waals surface area contributed by atoms with Crippen molar-refractivity contribution >= 4 is 19.1 Å². The molecular formula is C23H21N4O3P. The molecule has 0 bridgehead atoms. The van der Waals surface area contributed by atoms with E-state index in [-0.39, 0.29) is 11.4 Å². The summed E-state index contributed by atoms with van der Waals surface area (Å²) in [5, 5.41) is 10.1. The molecule has 8 heteroatoms. The topological polar surface area (TPSA) is 101 Å². The third-order valence-electron chi connectivity index (χ3n) is 4.82. The molecule has 2 heterocycles. The molecule has 1 unspecified atom stereocenters. The molecule has 31 heavy (non-hydrogen) atoms. The zero-order valence-electron chi connectivity index (χ0n) is 16.8. The molecule has 0 saturated carbocycles. The van der Waals surface area contributed by atoms with Gasteiger partial charge >= 0.3 is 0 Å². The molecule has 1 aliphatic heterocycles. The van der Waals surface area contributed by atoms with Gasteiger partial charge in [-0.15, -0.1) is 0 Å². The summed E-state index contributed by atoms with van der Waals surface area (Å²) in [6.45, 7) is 0.774. The minimum Gasteiger partial charge on any atom is -0.457 e. The van der Waals surface area contributed by atoms with Crippen LogP contribution in [0.15, 0.2) is 66.9 Å². The highest BCUT2D eigenvalue weighted by Gasteiger charge is 2.23. The van der Waals surface area contributed by atoms with Gasteiger partial charge in [-0.2, -0.15) is 5.26 Å². The van der Waals surface area contributed by atoms with Crippen molar-refractivity contribution < 1.29 is 14.3 Å². The Kier molecular flexibility index (Phi) is 6.30. The van der Waals surface area contributed by atoms with E-state index in [2.05, 4.69) is 11.2 Å². The van der Waals surface area contributed by atoms with Crippen LogP contribution in [-0.2, 0) is 0 Å². The van der Waals surface area contributed by atoms with E-state index in [9.17, 15) is 10.1 Å². The average molecular weight is 432 g/mol. The van der Waals surface area contributed by atoms with Crippen LogP contribution >= 0.6 is 7.92 Å². The van der Waals surface area contributed by atoms with Crippen LogP contribution in [0.5, 0.6) is 23.1 Å². The predicted molar refractivity (Wildman–Crippen MR) is 119 cm³/mol. The van der Waals surface area contributed by atoms with Crippen molar-refractivity contribution in [3.8, 4) is 29.3 Å². The number of carbonyl (C=O) groups excluding carboxylic acids is 1. The Bertz CT molecular complexity index is 1100. The Morgan fingerprint density at radius 3 is 2.42 bits per heavy atom. The summed E-state index contributed by atoms with van der Waals surface area (Å²) < 4.78 is 11.6. The van der Waals surface area contributed by atoms with Gasteiger partial charge in [0, 0.05) is 12.7 Å². The number of ether oxygens (including phenoxy) is 2. The van der Waals surface area contributed by atoms with Gasteiger partial charge in [-0.25, -0.2) is 4.98 Å². The van der Waals surface area contributed by atoms with Crippen molar-refractivity contribution in [2.75, 3.05) is 19.0 Å². The fraction of sp³-hybridized carbons (Fsp3) is 0.174. The highest BCUT2D eigenvalue weighted by Crippen LogP contribution is 2.39. The number of primary amides is 1. The summed E-state index contributed by atoms with van der Waals surface area (Å²) >= 11 is 0. The Morgan fingerprint density at radius 1 is 1.06 bits per heavy atom. The summed E-state index contributed by atoms with van der Waals surface area (Å²) in [7, 11) is -0.592. The molecule has 1 saturated heterocycles. The van der Waals surface area contributed by atoms with E-state index in [0.29, 0.717) is 17.8 Å². The standard InChI is InChI=1S/C23H21N4O3P/c24-15-27-11-4-12-31(16-27)20-13-21(22(25)28)23(26-14-20)30-19-9-7-18(8-10-19)29-17-5-2-1-3-6-17/h1-3,5-10,13-14H,4,11-12,16H2,(H2,25,28). The molecule has 4 rings (SSSR count). The zero-order chi connectivity index (χ0) is 21.6. The fourth-order valence-electron chi connectivity index (χ4n) is 3.28. The first kappa shape index (κ1) is 20.6. The first-order valence-electron chi connectivity index (χ1n) is 9.82. The minimum atomic E-state index is -0.600. The number of nitriles is 1. The monoisotopic (exact) mass is 432 g/mol. The number of hydrogen-bond acceptors (Lipinski definition) is 6. The van der Waals surface area contributed by atoms with Gasteiger partial charge in [0.25, 0.3) is 5.91 Å². The van der Waals surface area contributed by atoms with Gasteiger partial charge in [0.15, 0.2) is 6.19 Å². The second-order valence-corrected chi connectivity index (χ2v) is 9.35. The molecule has 1 amide bonds. The van der Waals surface area contributed by atoms with Gasteiger partial charge < -0.3 is 20.1 Å². The van der Waals surface area contributed by atoms with Crippen LogP contribution in [0, 0.1) is 11.5 Å². The summed E-state index contributed by atoms with van der Waals surface area (Å²) in [6, 6.07) is 18.3. The molecule has 156 valence electrons. The lowest BCUT2D eigenvalue weighted by atomic mass is 10.2. The SMILES string of the molecule is N#CN1CCCP(c2cnc(Oc3ccc(Oc4ccccc4)cc3)c(C(N)=O)c2)C1. The Balaban J connectivity index is 1.50. The number of benzene rings is 2. The molecule has 1 aliphatic rings. The number of rotatable bonds is 6. The summed E-state index contributed by atoms with van der Waals surface area (Å²) in [5.74, 6) is 1.49. The van der Waals surface area contributed by atoms with Crippen molar-refractivity contribution in [2.45, 2.75) is 6.42 Å². The second kappa shape index (κ2) is 9.46. The van der Waals surface area contributed by atoms with Gasteiger partial charge in [0.05, 0.1) is 6.29 Å². The zero-order valence-corrected chi connectivity index (χ0v) is 17.7. The van der Waals surface area contributed by atoms with Crippen molar-refractivity contribution in [1.82, 2.24) is 9.88 Å². The lowest BCUT2D eigenvalue weighted by Crippen LogP contribution is -2.29. The normalized spacial score (nSPS) is 15.7. The third kappa shape index (κ3) is 5.11. The summed E-state index contributed by atoms with van der Waals surface area (Å²) in [4.78, 5) is 18.2. The molecule has 0 aliphatic carbocycles. The molecular weight excluding hydrogens is 411 g/mol. The smallest absolute Gasteiger partial charge is 0.254 e. The molecule has 1 aromatic heterocycles. The van der Waals surface area contributed by atoms with Crippen LogP contribution < -0.4 is 20.5 Å². The maximum absolute atomic E-state index is 12.1. The van der Waals surface area contributed by atoms with E-state index < -0.39 is 13.8 Å². The average Bonchev–Trinajstić information content (AvgIpc) is 2.81. The number of aromatic nitrogens is 1. The van der Waals surface area contributed by atoms with Crippen LogP contribution in [0.2, 0.25) is 0 Å². The van der Waals surface area contributed by atoms with Crippen LogP contribution in [-0.4, -0.2) is 34.8 Å². The minimum absolute atomic E-state index is 0.164. The Morgan fingerprint density at radius 2 is 1.74 bits per heavy atom. The fourth-order valence-corrected chi connectivity index (χ4v) is 5.51. The van der Waals surface area contributed by atoms with Crippen molar-refractivity contribution in [3.63, 3.8) is 0 Å². The molecule has 0 radical (unpaired) electrons. The second-order valence-electron chi connectivity index (χ2n) is 7.02. The number of amides is 1. The van der Waals surface area contributed by atoms with Crippen LogP contribution in [0.4, 0.5) is 0 Å². The number of nitrogens with zero attached hydrogens (tertiary/aromatic N) is 3. The molecule has 3 aromatic rings. The van der Waals surface area contributed by atoms with E-state index in [1.54, 1.807) is 41.4 Å². The first-order chi connectivity index (χ1) is 15.1. The molecule has 1 atom stereocenters. The summed E-state index contributed by atoms with van der Waals surface area (Å²) in [5.41, 5.74) is 5.83. The van der Waals surface area contributed by atoms with E-state index in [4.69, 9.17) is 15.2 Å². The van der Waals surface area contributed by atoms with Gasteiger partial charge in [-0.3, -0.25) is 4.79 Å². The van der Waals surface area contributed by atoms with Gasteiger partial charge in [0.2, 0.25) is 5.88 Å². The van der Waals surface area contributed by atoms with E-state index in [1.165, 1.54) is 0 Å². The van der Waals surface area contributed by atoms with Gasteiger partial charge in [-0.05, 0) is 60.4 Å². The highest BCUT2D eigenvalue weighted by molar-refractivity contribution is 7.65. The van der Waals surface area contributed by atoms with E-state index in [1.807, 2.05) is 30.3 Å². The molecule has 0 spiro atoms. The highest BCUT2D eigenvalue weighted by atomic mass is 31.1. The van der Waals surface area contributed by atoms with Crippen molar-refractivity contribution in [1.29, 1.82) is 5.26 Å². The number of carbonyl (C=O) groups is 1. The van der Waals surface area contributed by atoms with Gasteiger partial charge in [-0.1, -0.05) is 26.1 Å². The quantitative estimate of drug-likeness (QED) is 0.466. The molecule has 2 aromatic carbocycles. The Labute approximate surface area is 181 Å². The molecule has 1 fully saturated rings. The molecule has 2 N–H and O–H groups in total. The number of hydrogen-bond donors (Lipinski definition) is 1. The lowest BCUT2D eigenvalue weighted by molar-refractivity contribution is 0.0997. The summed E-state index contributed by atoms with van der Waals surface area (Å²) in [6.07, 6.45) is 6.55. The number of pyridine rings is 1. The van der Waals surface area contributed by atoms with Crippen molar-refractivity contribution in [2.24, 2.45) is 5.73 Å². The first-order valence-corrected chi connectivity index (χ1v) is 11.5. The maximum atomic E-state index is 12.1. The van der Waals surface area contributed by atoms with Crippen LogP contribution in [0.3, 0.4) is 0 Å². The third-order valence-corrected chi connectivity index (χ3v) is 7.34.